The molecule has 0 amide bonds. The predicted molar refractivity (Wildman–Crippen MR) is 73.5 cm³/mol. The van der Waals surface area contributed by atoms with Crippen LogP contribution in [0.5, 0.6) is 0 Å². The Balaban J connectivity index is 1.57. The lowest BCUT2D eigenvalue weighted by Crippen LogP contribution is -2.34. The Kier molecular flexibility index (Phi) is 5.13. The van der Waals surface area contributed by atoms with Gasteiger partial charge in [0.05, 0.1) is 5.01 Å². The average Bonchev–Trinajstić information content (AvgIpc) is 2.72. The van der Waals surface area contributed by atoms with Gasteiger partial charge in [-0.15, -0.1) is 11.3 Å². The van der Waals surface area contributed by atoms with Crippen molar-refractivity contribution in [1.82, 2.24) is 10.3 Å². The van der Waals surface area contributed by atoms with Crippen LogP contribution in [0.3, 0.4) is 0 Å². The van der Waals surface area contributed by atoms with Gasteiger partial charge in [-0.1, -0.05) is 0 Å². The molecule has 1 unspecified atom stereocenters. The Morgan fingerprint density at radius 1 is 1.56 bits per heavy atom. The fraction of sp³-hybridized carbons (Fsp3) is 0.750. The molecule has 1 aromatic heterocycles. The first-order chi connectivity index (χ1) is 7.84. The Morgan fingerprint density at radius 2 is 2.50 bits per heavy atom. The van der Waals surface area contributed by atoms with Crippen molar-refractivity contribution in [2.45, 2.75) is 38.6 Å². The van der Waals surface area contributed by atoms with E-state index in [1.807, 2.05) is 0 Å². The van der Waals surface area contributed by atoms with E-state index in [0.29, 0.717) is 0 Å². The summed E-state index contributed by atoms with van der Waals surface area (Å²) in [5.41, 5.74) is 1.16. The highest BCUT2D eigenvalue weighted by atomic mass is 32.2. The van der Waals surface area contributed by atoms with E-state index in [1.165, 1.54) is 35.8 Å². The lowest BCUT2D eigenvalue weighted by molar-refractivity contribution is 0.501. The van der Waals surface area contributed by atoms with E-state index < -0.39 is 0 Å². The summed E-state index contributed by atoms with van der Waals surface area (Å²) in [6.07, 6.45) is 5.09. The summed E-state index contributed by atoms with van der Waals surface area (Å²) in [5.74, 6) is 2.66. The van der Waals surface area contributed by atoms with Gasteiger partial charge in [-0.25, -0.2) is 4.98 Å². The number of thioether (sulfide) groups is 1. The number of thiazole rings is 1. The van der Waals surface area contributed by atoms with Crippen molar-refractivity contribution in [2.24, 2.45) is 0 Å². The fourth-order valence-corrected chi connectivity index (χ4v) is 3.89. The normalized spacial score (nSPS) is 21.2. The largest absolute Gasteiger partial charge is 0.313 e. The number of nitrogens with one attached hydrogen (secondary N) is 1. The highest BCUT2D eigenvalue weighted by Crippen LogP contribution is 2.17. The molecule has 0 saturated carbocycles. The van der Waals surface area contributed by atoms with Gasteiger partial charge >= 0.3 is 0 Å². The van der Waals surface area contributed by atoms with Crippen LogP contribution in [0.25, 0.3) is 0 Å². The van der Waals surface area contributed by atoms with Crippen LogP contribution in [0.4, 0.5) is 0 Å². The summed E-state index contributed by atoms with van der Waals surface area (Å²) in [6.45, 7) is 3.21. The van der Waals surface area contributed by atoms with Gasteiger partial charge in [-0.05, 0) is 38.5 Å². The second-order valence-corrected chi connectivity index (χ2v) is 6.45. The van der Waals surface area contributed by atoms with Crippen molar-refractivity contribution >= 4 is 23.1 Å². The van der Waals surface area contributed by atoms with Gasteiger partial charge in [-0.3, -0.25) is 0 Å². The molecule has 0 spiro atoms. The van der Waals surface area contributed by atoms with Crippen LogP contribution in [-0.4, -0.2) is 29.1 Å². The average molecular weight is 256 g/mol. The molecule has 1 aliphatic heterocycles. The summed E-state index contributed by atoms with van der Waals surface area (Å²) in [7, 11) is 0. The molecule has 4 heteroatoms. The highest BCUT2D eigenvalue weighted by molar-refractivity contribution is 7.99. The molecule has 2 rings (SSSR count). The van der Waals surface area contributed by atoms with Crippen LogP contribution in [0.15, 0.2) is 5.38 Å². The molecule has 1 N–H and O–H groups in total. The molecular formula is C12H20N2S2. The molecular weight excluding hydrogens is 236 g/mol. The van der Waals surface area contributed by atoms with Gasteiger partial charge in [-0.2, -0.15) is 11.8 Å². The van der Waals surface area contributed by atoms with Gasteiger partial charge in [0.15, 0.2) is 0 Å². The van der Waals surface area contributed by atoms with Gasteiger partial charge in [0.25, 0.3) is 0 Å². The van der Waals surface area contributed by atoms with Crippen molar-refractivity contribution in [3.8, 4) is 0 Å². The van der Waals surface area contributed by atoms with Crippen molar-refractivity contribution < 1.29 is 0 Å². The SMILES string of the molecule is Cc1csc(CCCNC2CCCSC2)n1. The maximum absolute atomic E-state index is 4.48. The summed E-state index contributed by atoms with van der Waals surface area (Å²) >= 11 is 3.88. The zero-order valence-electron chi connectivity index (χ0n) is 9.87. The van der Waals surface area contributed by atoms with Crippen LogP contribution >= 0.6 is 23.1 Å². The molecule has 1 aliphatic rings. The quantitative estimate of drug-likeness (QED) is 0.820. The van der Waals surface area contributed by atoms with Gasteiger partial charge < -0.3 is 5.32 Å². The third-order valence-electron chi connectivity index (χ3n) is 2.83. The lowest BCUT2D eigenvalue weighted by atomic mass is 10.2. The molecule has 0 radical (unpaired) electrons. The summed E-state index contributed by atoms with van der Waals surface area (Å²) in [5, 5.41) is 7.08. The Bertz CT molecular complexity index is 306. The summed E-state index contributed by atoms with van der Waals surface area (Å²) < 4.78 is 0. The van der Waals surface area contributed by atoms with E-state index in [4.69, 9.17) is 0 Å². The highest BCUT2D eigenvalue weighted by Gasteiger charge is 2.12. The molecule has 0 aliphatic carbocycles. The van der Waals surface area contributed by atoms with E-state index in [0.717, 1.165) is 24.7 Å². The second-order valence-electron chi connectivity index (χ2n) is 4.35. The van der Waals surface area contributed by atoms with Crippen molar-refractivity contribution in [3.63, 3.8) is 0 Å². The second kappa shape index (κ2) is 6.62. The van der Waals surface area contributed by atoms with Crippen molar-refractivity contribution in [3.05, 3.63) is 16.1 Å². The topological polar surface area (TPSA) is 24.9 Å². The monoisotopic (exact) mass is 256 g/mol. The third kappa shape index (κ3) is 4.07. The first-order valence-corrected chi connectivity index (χ1v) is 8.10. The van der Waals surface area contributed by atoms with Crippen LogP contribution in [-0.2, 0) is 6.42 Å². The Morgan fingerprint density at radius 3 is 3.19 bits per heavy atom. The van der Waals surface area contributed by atoms with Crippen LogP contribution in [0.1, 0.15) is 30.0 Å². The maximum atomic E-state index is 4.48. The molecule has 1 aromatic rings. The third-order valence-corrected chi connectivity index (χ3v) is 5.07. The summed E-state index contributed by atoms with van der Waals surface area (Å²) in [4.78, 5) is 4.48. The smallest absolute Gasteiger partial charge is 0.0928 e. The zero-order valence-corrected chi connectivity index (χ0v) is 11.5. The minimum absolute atomic E-state index is 0.761. The lowest BCUT2D eigenvalue weighted by Gasteiger charge is -2.22. The molecule has 1 fully saturated rings. The first kappa shape index (κ1) is 12.4. The summed E-state index contributed by atoms with van der Waals surface area (Å²) in [6, 6.07) is 0.761. The van der Waals surface area contributed by atoms with Crippen LogP contribution in [0, 0.1) is 6.92 Å². The van der Waals surface area contributed by atoms with E-state index in [1.54, 1.807) is 11.3 Å². The van der Waals surface area contributed by atoms with E-state index in [9.17, 15) is 0 Å². The number of hydrogen-bond donors (Lipinski definition) is 1. The molecule has 2 nitrogen and oxygen atoms in total. The van der Waals surface area contributed by atoms with E-state index in [-0.39, 0.29) is 0 Å². The molecule has 0 bridgehead atoms. The molecule has 1 atom stereocenters. The van der Waals surface area contributed by atoms with Crippen molar-refractivity contribution in [1.29, 1.82) is 0 Å². The van der Waals surface area contributed by atoms with E-state index in [2.05, 4.69) is 34.4 Å². The molecule has 90 valence electrons. The number of rotatable bonds is 5. The van der Waals surface area contributed by atoms with Gasteiger partial charge in [0, 0.05) is 29.3 Å². The number of aryl methyl sites for hydroxylation is 2. The minimum atomic E-state index is 0.761. The van der Waals surface area contributed by atoms with Crippen LogP contribution in [0.2, 0.25) is 0 Å². The predicted octanol–water partition coefficient (Wildman–Crippen LogP) is 2.87. The zero-order chi connectivity index (χ0) is 11.2. The fourth-order valence-electron chi connectivity index (χ4n) is 1.97. The van der Waals surface area contributed by atoms with Crippen molar-refractivity contribution in [2.75, 3.05) is 18.1 Å². The Labute approximate surface area is 106 Å². The first-order valence-electron chi connectivity index (χ1n) is 6.07. The molecule has 16 heavy (non-hydrogen) atoms. The van der Waals surface area contributed by atoms with Crippen LogP contribution < -0.4 is 5.32 Å². The number of hydrogen-bond acceptors (Lipinski definition) is 4. The van der Waals surface area contributed by atoms with Gasteiger partial charge in [0.2, 0.25) is 0 Å². The molecule has 0 aromatic carbocycles. The molecule has 2 heterocycles. The van der Waals surface area contributed by atoms with E-state index >= 15 is 0 Å². The minimum Gasteiger partial charge on any atom is -0.313 e. The number of nitrogens with zero attached hydrogens (tertiary/aromatic N) is 1. The maximum Gasteiger partial charge on any atom is 0.0928 e. The standard InChI is InChI=1S/C12H20N2S2/c1-10-8-16-12(14-10)5-2-6-13-11-4-3-7-15-9-11/h8,11,13H,2-7,9H2,1H3. The Hall–Kier alpha value is -0.0600. The number of aromatic nitrogens is 1. The van der Waals surface area contributed by atoms with Gasteiger partial charge in [0.1, 0.15) is 0 Å². The molecule has 1 saturated heterocycles.